The summed E-state index contributed by atoms with van der Waals surface area (Å²) in [6.45, 7) is 6.26. The van der Waals surface area contributed by atoms with Crippen molar-refractivity contribution in [1.82, 2.24) is 5.32 Å². The molecule has 1 nitrogen and oxygen atoms in total. The number of hydrogen-bond acceptors (Lipinski definition) is 1. The fraction of sp³-hybridized carbons (Fsp3) is 0.429. The van der Waals surface area contributed by atoms with E-state index in [-0.39, 0.29) is 5.82 Å². The Balaban J connectivity index is 2.60. The molecule has 1 aromatic rings. The molecule has 0 heterocycles. The van der Waals surface area contributed by atoms with Crippen molar-refractivity contribution < 1.29 is 4.39 Å². The summed E-state index contributed by atoms with van der Waals surface area (Å²) in [6.07, 6.45) is 4.30. The summed E-state index contributed by atoms with van der Waals surface area (Å²) >= 11 is 0. The zero-order valence-corrected chi connectivity index (χ0v) is 10.1. The normalized spacial score (nSPS) is 11.8. The van der Waals surface area contributed by atoms with E-state index in [4.69, 9.17) is 0 Å². The molecule has 0 aromatic heterocycles. The molecule has 0 aliphatic carbocycles. The van der Waals surface area contributed by atoms with Gasteiger partial charge < -0.3 is 5.32 Å². The van der Waals surface area contributed by atoms with E-state index in [1.165, 1.54) is 17.7 Å². The molecule has 0 saturated carbocycles. The van der Waals surface area contributed by atoms with Crippen molar-refractivity contribution in [2.45, 2.75) is 26.7 Å². The number of rotatable bonds is 6. The van der Waals surface area contributed by atoms with Crippen LogP contribution in [0.25, 0.3) is 6.08 Å². The summed E-state index contributed by atoms with van der Waals surface area (Å²) in [5, 5.41) is 3.38. The topological polar surface area (TPSA) is 12.0 Å². The largest absolute Gasteiger partial charge is 0.313 e. The van der Waals surface area contributed by atoms with Crippen LogP contribution in [0.3, 0.4) is 0 Å². The molecule has 1 aromatic carbocycles. The van der Waals surface area contributed by atoms with Gasteiger partial charge in [0, 0.05) is 6.54 Å². The van der Waals surface area contributed by atoms with E-state index in [2.05, 4.69) is 25.2 Å². The predicted octanol–water partition coefficient (Wildman–Crippen LogP) is 3.62. The summed E-state index contributed by atoms with van der Waals surface area (Å²) in [4.78, 5) is 0. The Kier molecular flexibility index (Phi) is 5.79. The number of benzene rings is 1. The third-order valence-electron chi connectivity index (χ3n) is 2.47. The lowest BCUT2D eigenvalue weighted by Crippen LogP contribution is -2.17. The molecule has 2 heteroatoms. The Labute approximate surface area is 97.4 Å². The van der Waals surface area contributed by atoms with E-state index in [0.717, 1.165) is 31.5 Å². The van der Waals surface area contributed by atoms with Crippen molar-refractivity contribution in [3.8, 4) is 0 Å². The van der Waals surface area contributed by atoms with Crippen molar-refractivity contribution in [3.63, 3.8) is 0 Å². The van der Waals surface area contributed by atoms with Crippen LogP contribution in [-0.4, -0.2) is 13.1 Å². The van der Waals surface area contributed by atoms with Gasteiger partial charge in [0.15, 0.2) is 0 Å². The van der Waals surface area contributed by atoms with Crippen molar-refractivity contribution in [2.24, 2.45) is 0 Å². The first kappa shape index (κ1) is 12.9. The van der Waals surface area contributed by atoms with E-state index >= 15 is 0 Å². The lowest BCUT2D eigenvalue weighted by atomic mass is 10.1. The summed E-state index contributed by atoms with van der Waals surface area (Å²) in [6, 6.07) is 6.62. The molecular formula is C14H20FN. The van der Waals surface area contributed by atoms with E-state index in [1.54, 1.807) is 0 Å². The van der Waals surface area contributed by atoms with Gasteiger partial charge in [0.1, 0.15) is 5.82 Å². The highest BCUT2D eigenvalue weighted by Crippen LogP contribution is 2.10. The highest BCUT2D eigenvalue weighted by Gasteiger charge is 1.95. The lowest BCUT2D eigenvalue weighted by Gasteiger charge is -2.06. The minimum absolute atomic E-state index is 0.181. The Morgan fingerprint density at radius 1 is 1.25 bits per heavy atom. The predicted molar refractivity (Wildman–Crippen MR) is 67.8 cm³/mol. The van der Waals surface area contributed by atoms with Gasteiger partial charge in [-0.25, -0.2) is 4.39 Å². The fourth-order valence-corrected chi connectivity index (χ4v) is 1.50. The van der Waals surface area contributed by atoms with Crippen molar-refractivity contribution in [1.29, 1.82) is 0 Å². The molecule has 0 fully saturated rings. The zero-order valence-electron chi connectivity index (χ0n) is 10.1. The van der Waals surface area contributed by atoms with Gasteiger partial charge in [-0.15, -0.1) is 0 Å². The molecule has 0 spiro atoms. The Morgan fingerprint density at radius 3 is 2.50 bits per heavy atom. The molecule has 1 rings (SSSR count). The minimum Gasteiger partial charge on any atom is -0.313 e. The maximum absolute atomic E-state index is 12.7. The van der Waals surface area contributed by atoms with Crippen LogP contribution in [0.4, 0.5) is 4.39 Å². The van der Waals surface area contributed by atoms with Crippen molar-refractivity contribution >= 4 is 6.08 Å². The SMILES string of the molecule is CCCNCC(=Cc1ccc(F)cc1)CC. The summed E-state index contributed by atoms with van der Waals surface area (Å²) < 4.78 is 12.7. The van der Waals surface area contributed by atoms with Crippen molar-refractivity contribution in [3.05, 3.63) is 41.2 Å². The molecule has 0 unspecified atom stereocenters. The molecule has 88 valence electrons. The molecule has 0 saturated heterocycles. The van der Waals surface area contributed by atoms with Gasteiger partial charge in [0.2, 0.25) is 0 Å². The zero-order chi connectivity index (χ0) is 11.8. The van der Waals surface area contributed by atoms with Gasteiger partial charge in [-0.3, -0.25) is 0 Å². The molecule has 0 atom stereocenters. The first-order valence-electron chi connectivity index (χ1n) is 5.92. The first-order valence-corrected chi connectivity index (χ1v) is 5.92. The third kappa shape index (κ3) is 4.58. The summed E-state index contributed by atoms with van der Waals surface area (Å²) in [7, 11) is 0. The highest BCUT2D eigenvalue weighted by molar-refractivity contribution is 5.52. The van der Waals surface area contributed by atoms with E-state index in [1.807, 2.05) is 12.1 Å². The number of nitrogens with one attached hydrogen (secondary N) is 1. The van der Waals surface area contributed by atoms with Crippen molar-refractivity contribution in [2.75, 3.05) is 13.1 Å². The molecule has 16 heavy (non-hydrogen) atoms. The van der Waals surface area contributed by atoms with Crippen LogP contribution in [0.5, 0.6) is 0 Å². The molecule has 0 radical (unpaired) electrons. The maximum Gasteiger partial charge on any atom is 0.123 e. The van der Waals surface area contributed by atoms with Gasteiger partial charge in [-0.05, 0) is 37.1 Å². The van der Waals surface area contributed by atoms with Gasteiger partial charge >= 0.3 is 0 Å². The van der Waals surface area contributed by atoms with Gasteiger partial charge in [-0.2, -0.15) is 0 Å². The van der Waals surface area contributed by atoms with Crippen LogP contribution in [-0.2, 0) is 0 Å². The fourth-order valence-electron chi connectivity index (χ4n) is 1.50. The van der Waals surface area contributed by atoms with Crippen LogP contribution in [0.1, 0.15) is 32.3 Å². The van der Waals surface area contributed by atoms with Crippen LogP contribution < -0.4 is 5.32 Å². The quantitative estimate of drug-likeness (QED) is 0.723. The first-order chi connectivity index (χ1) is 7.76. The van der Waals surface area contributed by atoms with E-state index in [0.29, 0.717) is 0 Å². The Hall–Kier alpha value is -1.15. The van der Waals surface area contributed by atoms with Crippen LogP contribution >= 0.6 is 0 Å². The maximum atomic E-state index is 12.7. The molecule has 0 bridgehead atoms. The second-order valence-electron chi connectivity index (χ2n) is 3.88. The number of halogens is 1. The third-order valence-corrected chi connectivity index (χ3v) is 2.47. The molecular weight excluding hydrogens is 201 g/mol. The van der Waals surface area contributed by atoms with Crippen LogP contribution in [0, 0.1) is 5.82 Å². The second-order valence-corrected chi connectivity index (χ2v) is 3.88. The molecule has 0 aliphatic heterocycles. The molecule has 0 aliphatic rings. The summed E-state index contributed by atoms with van der Waals surface area (Å²) in [5.74, 6) is -0.181. The monoisotopic (exact) mass is 221 g/mol. The lowest BCUT2D eigenvalue weighted by molar-refractivity contribution is 0.627. The Bertz CT molecular complexity index is 327. The molecule has 1 N–H and O–H groups in total. The Morgan fingerprint density at radius 2 is 1.94 bits per heavy atom. The average molecular weight is 221 g/mol. The highest BCUT2D eigenvalue weighted by atomic mass is 19.1. The standard InChI is InChI=1S/C14H20FN/c1-3-9-16-11-12(4-2)10-13-5-7-14(15)8-6-13/h5-8,10,16H,3-4,9,11H2,1-2H3. The second kappa shape index (κ2) is 7.18. The van der Waals surface area contributed by atoms with Gasteiger partial charge in [0.25, 0.3) is 0 Å². The average Bonchev–Trinajstić information content (AvgIpc) is 2.31. The smallest absolute Gasteiger partial charge is 0.123 e. The van der Waals surface area contributed by atoms with E-state index < -0.39 is 0 Å². The summed E-state index contributed by atoms with van der Waals surface area (Å²) in [5.41, 5.74) is 2.41. The van der Waals surface area contributed by atoms with Crippen LogP contribution in [0.15, 0.2) is 29.8 Å². The molecule has 0 amide bonds. The van der Waals surface area contributed by atoms with Crippen LogP contribution in [0.2, 0.25) is 0 Å². The van der Waals surface area contributed by atoms with E-state index in [9.17, 15) is 4.39 Å². The van der Waals surface area contributed by atoms with Gasteiger partial charge in [0.05, 0.1) is 0 Å². The van der Waals surface area contributed by atoms with Gasteiger partial charge in [-0.1, -0.05) is 37.6 Å². The minimum atomic E-state index is -0.181. The number of hydrogen-bond donors (Lipinski definition) is 1.